The number of anilines is 1. The molecule has 1 saturated heterocycles. The summed E-state index contributed by atoms with van der Waals surface area (Å²) < 4.78 is 5.46. The number of methoxy groups -OCH3 is 1. The molecule has 0 spiro atoms. The number of halogens is 2. The smallest absolute Gasteiger partial charge is 0.294 e. The highest BCUT2D eigenvalue weighted by molar-refractivity contribution is 9.10. The fourth-order valence-electron chi connectivity index (χ4n) is 2.64. The van der Waals surface area contributed by atoms with Crippen molar-refractivity contribution in [2.45, 2.75) is 6.92 Å². The van der Waals surface area contributed by atoms with Crippen molar-refractivity contribution in [3.8, 4) is 11.5 Å². The topological polar surface area (TPSA) is 95.9 Å². The first-order valence-electron chi connectivity index (χ1n) is 8.57. The van der Waals surface area contributed by atoms with E-state index in [0.717, 1.165) is 22.2 Å². The number of aromatic hydroxyl groups is 1. The zero-order chi connectivity index (χ0) is 22.0. The van der Waals surface area contributed by atoms with Crippen molar-refractivity contribution in [3.63, 3.8) is 0 Å². The van der Waals surface area contributed by atoms with Crippen LogP contribution in [0.4, 0.5) is 10.5 Å². The highest BCUT2D eigenvalue weighted by atomic mass is 79.9. The average Bonchev–Trinajstić information content (AvgIpc) is 2.94. The van der Waals surface area contributed by atoms with E-state index in [0.29, 0.717) is 20.7 Å². The van der Waals surface area contributed by atoms with Gasteiger partial charge in [-0.05, 0) is 76.1 Å². The summed E-state index contributed by atoms with van der Waals surface area (Å²) in [5.74, 6) is -0.959. The maximum Gasteiger partial charge on any atom is 0.294 e. The highest BCUT2D eigenvalue weighted by Gasteiger charge is 2.36. The number of carbonyl (C=O) groups is 3. The highest BCUT2D eigenvalue weighted by Crippen LogP contribution is 2.38. The van der Waals surface area contributed by atoms with Gasteiger partial charge in [0.25, 0.3) is 11.1 Å². The first-order valence-corrected chi connectivity index (χ1v) is 10.6. The van der Waals surface area contributed by atoms with Gasteiger partial charge in [0.2, 0.25) is 5.91 Å². The largest absolute Gasteiger partial charge is 0.503 e. The van der Waals surface area contributed by atoms with Crippen LogP contribution < -0.4 is 10.1 Å². The molecule has 0 aromatic heterocycles. The summed E-state index contributed by atoms with van der Waals surface area (Å²) in [5, 5.41) is 12.5. The predicted molar refractivity (Wildman–Crippen MR) is 120 cm³/mol. The second-order valence-electron chi connectivity index (χ2n) is 6.33. The number of benzene rings is 2. The fourth-order valence-corrected chi connectivity index (χ4v) is 4.11. The van der Waals surface area contributed by atoms with E-state index in [2.05, 4.69) is 21.2 Å². The van der Waals surface area contributed by atoms with Crippen LogP contribution in [0.5, 0.6) is 11.5 Å². The molecule has 2 aromatic carbocycles. The van der Waals surface area contributed by atoms with Crippen LogP contribution in [0.2, 0.25) is 5.02 Å². The Morgan fingerprint density at radius 3 is 2.73 bits per heavy atom. The number of rotatable bonds is 5. The number of thioether (sulfide) groups is 1. The molecule has 30 heavy (non-hydrogen) atoms. The molecule has 2 aromatic rings. The summed E-state index contributed by atoms with van der Waals surface area (Å²) in [6.45, 7) is 1.42. The Kier molecular flexibility index (Phi) is 6.74. The lowest BCUT2D eigenvalue weighted by Crippen LogP contribution is -2.36. The second kappa shape index (κ2) is 9.11. The van der Waals surface area contributed by atoms with Crippen LogP contribution >= 0.6 is 39.3 Å². The van der Waals surface area contributed by atoms with Crippen molar-refractivity contribution in [2.24, 2.45) is 0 Å². The molecule has 0 aliphatic carbocycles. The lowest BCUT2D eigenvalue weighted by atomic mass is 10.2. The Morgan fingerprint density at radius 2 is 2.07 bits per heavy atom. The number of nitrogens with zero attached hydrogens (tertiary/aromatic N) is 1. The zero-order valence-corrected chi connectivity index (χ0v) is 19.0. The number of nitrogens with one attached hydrogen (secondary N) is 1. The third-order valence-corrected chi connectivity index (χ3v) is 6.12. The first-order chi connectivity index (χ1) is 14.2. The van der Waals surface area contributed by atoms with E-state index in [1.807, 2.05) is 6.92 Å². The number of phenols is 1. The minimum atomic E-state index is -0.578. The molecule has 0 atom stereocenters. The number of ether oxygens (including phenoxy) is 1. The lowest BCUT2D eigenvalue weighted by Gasteiger charge is -2.13. The van der Waals surface area contributed by atoms with E-state index in [9.17, 15) is 19.5 Å². The normalized spacial score (nSPS) is 15.1. The van der Waals surface area contributed by atoms with Gasteiger partial charge >= 0.3 is 0 Å². The molecular weight excluding hydrogens is 496 g/mol. The van der Waals surface area contributed by atoms with E-state index in [-0.39, 0.29) is 16.4 Å². The van der Waals surface area contributed by atoms with Gasteiger partial charge in [-0.1, -0.05) is 17.7 Å². The van der Waals surface area contributed by atoms with Gasteiger partial charge in [-0.2, -0.15) is 0 Å². The maximum atomic E-state index is 12.6. The maximum absolute atomic E-state index is 12.6. The molecule has 1 heterocycles. The van der Waals surface area contributed by atoms with Crippen LogP contribution in [0.25, 0.3) is 6.08 Å². The molecule has 0 bridgehead atoms. The Balaban J connectivity index is 1.74. The van der Waals surface area contributed by atoms with Crippen molar-refractivity contribution in [2.75, 3.05) is 19.0 Å². The molecule has 1 aliphatic rings. The van der Waals surface area contributed by atoms with Gasteiger partial charge in [0.15, 0.2) is 11.5 Å². The fraction of sp³-hybridized carbons (Fsp3) is 0.150. The summed E-state index contributed by atoms with van der Waals surface area (Å²) in [6.07, 6.45) is 1.50. The van der Waals surface area contributed by atoms with Gasteiger partial charge < -0.3 is 15.2 Å². The molecule has 156 valence electrons. The Hall–Kier alpha value is -2.49. The number of imide groups is 1. The van der Waals surface area contributed by atoms with Crippen LogP contribution in [0, 0.1) is 6.92 Å². The van der Waals surface area contributed by atoms with Gasteiger partial charge in [-0.3, -0.25) is 19.3 Å². The standard InChI is InChI=1S/C20H16BrClN2O5S/c1-10-3-4-12(8-14(10)22)23-17(25)9-24-19(27)16(30-20(24)28)7-11-5-13(21)18(26)15(6-11)29-2/h3-8,26H,9H2,1-2H3,(H,23,25). The van der Waals surface area contributed by atoms with Crippen molar-refractivity contribution in [1.82, 2.24) is 4.90 Å². The van der Waals surface area contributed by atoms with E-state index in [4.69, 9.17) is 16.3 Å². The third-order valence-electron chi connectivity index (χ3n) is 4.20. The molecule has 0 radical (unpaired) electrons. The first kappa shape index (κ1) is 22.2. The summed E-state index contributed by atoms with van der Waals surface area (Å²) in [7, 11) is 1.40. The number of aryl methyl sites for hydroxylation is 1. The number of hydrogen-bond acceptors (Lipinski definition) is 6. The molecular formula is C20H16BrClN2O5S. The van der Waals surface area contributed by atoms with Crippen molar-refractivity contribution in [3.05, 3.63) is 55.9 Å². The van der Waals surface area contributed by atoms with E-state index < -0.39 is 23.6 Å². The molecule has 0 unspecified atom stereocenters. The predicted octanol–water partition coefficient (Wildman–Crippen LogP) is 4.80. The van der Waals surface area contributed by atoms with Gasteiger partial charge in [-0.15, -0.1) is 0 Å². The van der Waals surface area contributed by atoms with Crippen LogP contribution in [0.15, 0.2) is 39.7 Å². The summed E-state index contributed by atoms with van der Waals surface area (Å²) >= 11 is 9.98. The molecule has 7 nitrogen and oxygen atoms in total. The zero-order valence-electron chi connectivity index (χ0n) is 15.9. The molecule has 10 heteroatoms. The van der Waals surface area contributed by atoms with Crippen molar-refractivity contribution in [1.29, 1.82) is 0 Å². The minimum Gasteiger partial charge on any atom is -0.503 e. The minimum absolute atomic E-state index is 0.0735. The molecule has 3 amide bonds. The summed E-state index contributed by atoms with van der Waals surface area (Å²) in [6, 6.07) is 8.15. The quantitative estimate of drug-likeness (QED) is 0.560. The van der Waals surface area contributed by atoms with Crippen LogP contribution in [0.3, 0.4) is 0 Å². The second-order valence-corrected chi connectivity index (χ2v) is 8.59. The van der Waals surface area contributed by atoms with Crippen LogP contribution in [-0.4, -0.2) is 40.7 Å². The third kappa shape index (κ3) is 4.80. The molecule has 1 fully saturated rings. The number of hydrogen-bond donors (Lipinski definition) is 2. The molecule has 3 rings (SSSR count). The molecule has 2 N–H and O–H groups in total. The Labute approximate surface area is 190 Å². The number of amides is 3. The Bertz CT molecular complexity index is 1090. The van der Waals surface area contributed by atoms with Gasteiger partial charge in [-0.25, -0.2) is 0 Å². The van der Waals surface area contributed by atoms with E-state index in [1.54, 1.807) is 24.3 Å². The van der Waals surface area contributed by atoms with Crippen molar-refractivity contribution >= 4 is 68.1 Å². The average molecular weight is 512 g/mol. The SMILES string of the molecule is COc1cc(C=C2SC(=O)N(CC(=O)Nc3ccc(C)c(Cl)c3)C2=O)cc(Br)c1O. The van der Waals surface area contributed by atoms with Crippen LogP contribution in [-0.2, 0) is 9.59 Å². The van der Waals surface area contributed by atoms with Crippen molar-refractivity contribution < 1.29 is 24.2 Å². The number of phenolic OH excluding ortho intramolecular Hbond substituents is 1. The van der Waals surface area contributed by atoms with Gasteiger partial charge in [0.05, 0.1) is 16.5 Å². The summed E-state index contributed by atoms with van der Waals surface area (Å²) in [5.41, 5.74) is 1.88. The van der Waals surface area contributed by atoms with E-state index >= 15 is 0 Å². The molecule has 1 aliphatic heterocycles. The van der Waals surface area contributed by atoms with Crippen LogP contribution in [0.1, 0.15) is 11.1 Å². The Morgan fingerprint density at radius 1 is 1.33 bits per heavy atom. The van der Waals surface area contributed by atoms with E-state index in [1.165, 1.54) is 19.3 Å². The monoisotopic (exact) mass is 510 g/mol. The summed E-state index contributed by atoms with van der Waals surface area (Å²) in [4.78, 5) is 38.2. The van der Waals surface area contributed by atoms with Gasteiger partial charge in [0, 0.05) is 10.7 Å². The molecule has 0 saturated carbocycles. The lowest BCUT2D eigenvalue weighted by molar-refractivity contribution is -0.127. The number of carbonyl (C=O) groups excluding carboxylic acids is 3. The van der Waals surface area contributed by atoms with Gasteiger partial charge in [0.1, 0.15) is 6.54 Å².